The zero-order valence-corrected chi connectivity index (χ0v) is 5.77. The van der Waals surface area contributed by atoms with Crippen LogP contribution in [0.3, 0.4) is 0 Å². The van der Waals surface area contributed by atoms with E-state index in [1.165, 1.54) is 0 Å². The lowest BCUT2D eigenvalue weighted by Gasteiger charge is -1.78. The van der Waals surface area contributed by atoms with Gasteiger partial charge in [-0.25, -0.2) is 0 Å². The van der Waals surface area contributed by atoms with Crippen LogP contribution in [0.2, 0.25) is 0 Å². The van der Waals surface area contributed by atoms with Gasteiger partial charge in [-0.05, 0) is 23.4 Å². The monoisotopic (exact) mass is 132 g/mol. The van der Waals surface area contributed by atoms with Crippen molar-refractivity contribution in [2.75, 3.05) is 0 Å². The molecule has 0 aliphatic heterocycles. The van der Waals surface area contributed by atoms with Gasteiger partial charge in [-0.3, -0.25) is 4.79 Å². The van der Waals surface area contributed by atoms with E-state index in [-0.39, 0.29) is 11.2 Å². The molecule has 0 saturated heterocycles. The molecule has 1 nitrogen and oxygen atoms in total. The van der Waals surface area contributed by atoms with Crippen molar-refractivity contribution in [2.45, 2.75) is 13.8 Å². The Morgan fingerprint density at radius 2 is 1.75 bits per heavy atom. The summed E-state index contributed by atoms with van der Waals surface area (Å²) in [5, 5.41) is -0.162. The van der Waals surface area contributed by atoms with Crippen LogP contribution in [0.15, 0.2) is 0 Å². The fourth-order valence-corrected chi connectivity index (χ4v) is 1.47. The van der Waals surface area contributed by atoms with E-state index in [1.54, 1.807) is 0 Å². The zero-order valence-electron chi connectivity index (χ0n) is 5.02. The minimum absolute atomic E-state index is 0.162. The van der Waals surface area contributed by atoms with Crippen LogP contribution >= 0.6 is 11.6 Å². The average Bonchev–Trinajstić information content (AvgIpc) is 2.15. The topological polar surface area (TPSA) is 17.1 Å². The molecule has 1 saturated carbocycles. The Bertz CT molecular complexity index is 114. The molecule has 8 heavy (non-hydrogen) atoms. The predicted molar refractivity (Wildman–Crippen MR) is 32.7 cm³/mol. The van der Waals surface area contributed by atoms with Crippen molar-refractivity contribution in [1.29, 1.82) is 0 Å². The van der Waals surface area contributed by atoms with Crippen molar-refractivity contribution in [3.63, 3.8) is 0 Å². The van der Waals surface area contributed by atoms with Gasteiger partial charge in [-0.1, -0.05) is 13.8 Å². The van der Waals surface area contributed by atoms with E-state index in [9.17, 15) is 4.79 Å². The number of carbonyl (C=O) groups is 1. The van der Waals surface area contributed by atoms with Gasteiger partial charge in [0, 0.05) is 5.92 Å². The third-order valence-corrected chi connectivity index (χ3v) is 2.34. The summed E-state index contributed by atoms with van der Waals surface area (Å²) in [5.74, 6) is 1.22. The van der Waals surface area contributed by atoms with Gasteiger partial charge in [0.2, 0.25) is 5.24 Å². The fourth-order valence-electron chi connectivity index (χ4n) is 1.08. The van der Waals surface area contributed by atoms with Gasteiger partial charge >= 0.3 is 0 Å². The van der Waals surface area contributed by atoms with E-state index in [4.69, 9.17) is 11.6 Å². The summed E-state index contributed by atoms with van der Waals surface area (Å²) < 4.78 is 0. The normalized spacial score (nSPS) is 44.1. The van der Waals surface area contributed by atoms with E-state index < -0.39 is 0 Å². The van der Waals surface area contributed by atoms with Crippen LogP contribution in [0.25, 0.3) is 0 Å². The van der Waals surface area contributed by atoms with Crippen molar-refractivity contribution < 1.29 is 4.79 Å². The van der Waals surface area contributed by atoms with Crippen molar-refractivity contribution in [3.8, 4) is 0 Å². The van der Waals surface area contributed by atoms with E-state index >= 15 is 0 Å². The molecule has 0 aromatic carbocycles. The highest BCUT2D eigenvalue weighted by Gasteiger charge is 2.47. The average molecular weight is 133 g/mol. The van der Waals surface area contributed by atoms with E-state index in [1.807, 2.05) is 0 Å². The molecular weight excluding hydrogens is 124 g/mol. The Hall–Kier alpha value is -0.0400. The maximum absolute atomic E-state index is 10.4. The summed E-state index contributed by atoms with van der Waals surface area (Å²) in [6.45, 7) is 4.10. The van der Waals surface area contributed by atoms with Crippen LogP contribution < -0.4 is 0 Å². The molecule has 1 fully saturated rings. The maximum Gasteiger partial charge on any atom is 0.225 e. The van der Waals surface area contributed by atoms with Crippen molar-refractivity contribution in [3.05, 3.63) is 0 Å². The third kappa shape index (κ3) is 0.752. The molecule has 0 aromatic rings. The summed E-state index contributed by atoms with van der Waals surface area (Å²) in [7, 11) is 0. The standard InChI is InChI=1S/C6H9ClO/c1-3-4(2)5(3)6(7)8/h3-5H,1-2H3/t3-,4+,5?. The first-order valence-electron chi connectivity index (χ1n) is 2.84. The van der Waals surface area contributed by atoms with E-state index in [0.29, 0.717) is 11.8 Å². The Morgan fingerprint density at radius 1 is 1.38 bits per heavy atom. The van der Waals surface area contributed by atoms with Crippen molar-refractivity contribution in [1.82, 2.24) is 0 Å². The molecule has 2 heteroatoms. The highest BCUT2D eigenvalue weighted by atomic mass is 35.5. The van der Waals surface area contributed by atoms with Crippen LogP contribution in [-0.2, 0) is 4.79 Å². The van der Waals surface area contributed by atoms with Crippen LogP contribution in [0.4, 0.5) is 0 Å². The fraction of sp³-hybridized carbons (Fsp3) is 0.833. The number of hydrogen-bond donors (Lipinski definition) is 0. The van der Waals surface area contributed by atoms with E-state index in [0.717, 1.165) is 0 Å². The SMILES string of the molecule is C[C@@H]1C(C(=O)Cl)[C@@H]1C. The van der Waals surface area contributed by atoms with Gasteiger partial charge in [0.05, 0.1) is 0 Å². The second-order valence-electron chi connectivity index (χ2n) is 2.55. The molecule has 0 bridgehead atoms. The first-order chi connectivity index (χ1) is 3.64. The minimum Gasteiger partial charge on any atom is -0.281 e. The molecule has 0 heterocycles. The van der Waals surface area contributed by atoms with Crippen LogP contribution in [0.1, 0.15) is 13.8 Å². The lowest BCUT2D eigenvalue weighted by atomic mass is 10.4. The van der Waals surface area contributed by atoms with Gasteiger partial charge in [0.1, 0.15) is 0 Å². The van der Waals surface area contributed by atoms with Crippen molar-refractivity contribution in [2.24, 2.45) is 17.8 Å². The Kier molecular flexibility index (Phi) is 1.31. The Morgan fingerprint density at radius 3 is 1.75 bits per heavy atom. The largest absolute Gasteiger partial charge is 0.281 e. The molecule has 46 valence electrons. The summed E-state index contributed by atoms with van der Waals surface area (Å²) in [5.41, 5.74) is 0. The smallest absolute Gasteiger partial charge is 0.225 e. The molecule has 3 atom stereocenters. The van der Waals surface area contributed by atoms with Gasteiger partial charge in [0.15, 0.2) is 0 Å². The number of rotatable bonds is 1. The summed E-state index contributed by atoms with van der Waals surface area (Å²) in [6, 6.07) is 0. The van der Waals surface area contributed by atoms with Gasteiger partial charge in [-0.15, -0.1) is 0 Å². The quantitative estimate of drug-likeness (QED) is 0.496. The molecule has 0 spiro atoms. The highest BCUT2D eigenvalue weighted by Crippen LogP contribution is 2.46. The Balaban J connectivity index is 2.44. The molecule has 0 N–H and O–H groups in total. The van der Waals surface area contributed by atoms with Gasteiger partial charge < -0.3 is 0 Å². The summed E-state index contributed by atoms with van der Waals surface area (Å²) in [4.78, 5) is 10.4. The lowest BCUT2D eigenvalue weighted by Crippen LogP contribution is -1.89. The predicted octanol–water partition coefficient (Wildman–Crippen LogP) is 1.65. The summed E-state index contributed by atoms with van der Waals surface area (Å²) in [6.07, 6.45) is 0. The van der Waals surface area contributed by atoms with Gasteiger partial charge in [0.25, 0.3) is 0 Å². The number of hydrogen-bond acceptors (Lipinski definition) is 1. The van der Waals surface area contributed by atoms with Crippen LogP contribution in [0, 0.1) is 17.8 Å². The molecule has 1 unspecified atom stereocenters. The molecule has 1 aliphatic rings. The third-order valence-electron chi connectivity index (χ3n) is 2.08. The van der Waals surface area contributed by atoms with Crippen molar-refractivity contribution >= 4 is 16.8 Å². The maximum atomic E-state index is 10.4. The first-order valence-corrected chi connectivity index (χ1v) is 3.21. The highest BCUT2D eigenvalue weighted by molar-refractivity contribution is 6.64. The summed E-state index contributed by atoms with van der Waals surface area (Å²) >= 11 is 5.23. The zero-order chi connectivity index (χ0) is 6.31. The van der Waals surface area contributed by atoms with Gasteiger partial charge in [-0.2, -0.15) is 0 Å². The molecule has 0 radical (unpaired) electrons. The first kappa shape index (κ1) is 6.09. The second kappa shape index (κ2) is 1.73. The number of carbonyl (C=O) groups excluding carboxylic acids is 1. The van der Waals surface area contributed by atoms with Crippen LogP contribution in [-0.4, -0.2) is 5.24 Å². The molecule has 0 amide bonds. The molecule has 0 aromatic heterocycles. The molecule has 1 rings (SSSR count). The Labute approximate surface area is 54.0 Å². The molecule has 1 aliphatic carbocycles. The van der Waals surface area contributed by atoms with E-state index in [2.05, 4.69) is 13.8 Å². The second-order valence-corrected chi connectivity index (χ2v) is 2.92. The number of halogens is 1. The molecular formula is C6H9ClO. The lowest BCUT2D eigenvalue weighted by molar-refractivity contribution is -0.113. The van der Waals surface area contributed by atoms with Crippen LogP contribution in [0.5, 0.6) is 0 Å². The minimum atomic E-state index is -0.162.